The van der Waals surface area contributed by atoms with Crippen LogP contribution in [0, 0.1) is 0 Å². The largest absolute Gasteiger partial charge is 0.491 e. The lowest BCUT2D eigenvalue weighted by molar-refractivity contribution is -0.0301. The summed E-state index contributed by atoms with van der Waals surface area (Å²) in [6.07, 6.45) is 18.2. The van der Waals surface area contributed by atoms with Gasteiger partial charge in [-0.05, 0) is 37.1 Å². The molecule has 0 aliphatic rings. The first-order valence-electron chi connectivity index (χ1n) is 45.5. The molecule has 2 N–H and O–H groups in total. The van der Waals surface area contributed by atoms with Crippen molar-refractivity contribution in [2.24, 2.45) is 0 Å². The van der Waals surface area contributed by atoms with Crippen LogP contribution in [0.25, 0.3) is 0 Å². The summed E-state index contributed by atoms with van der Waals surface area (Å²) in [6.45, 7) is 37.5. The van der Waals surface area contributed by atoms with Crippen molar-refractivity contribution in [2.45, 2.75) is 104 Å². The van der Waals surface area contributed by atoms with Crippen LogP contribution in [-0.2, 0) is 142 Å². The highest BCUT2D eigenvalue weighted by Gasteiger charge is 2.05. The van der Waals surface area contributed by atoms with Gasteiger partial charge < -0.3 is 157 Å². The maximum Gasteiger partial charge on any atom is 0.119 e. The predicted molar refractivity (Wildman–Crippen MR) is 468 cm³/mol. The van der Waals surface area contributed by atoms with E-state index in [0.29, 0.717) is 396 Å². The van der Waals surface area contributed by atoms with E-state index in [4.69, 9.17) is 152 Å². The van der Waals surface area contributed by atoms with E-state index in [0.717, 1.165) is 37.6 Å². The second-order valence-electron chi connectivity index (χ2n) is 26.9. The van der Waals surface area contributed by atoms with Crippen LogP contribution in [0.3, 0.4) is 0 Å². The molecule has 2 rings (SSSR count). The fourth-order valence-corrected chi connectivity index (χ4v) is 10.2. The maximum atomic E-state index is 5.62. The predicted octanol–water partition coefficient (Wildman–Crippen LogP) is 9.31. The van der Waals surface area contributed by atoms with Crippen LogP contribution in [0.2, 0.25) is 0 Å². The molecule has 0 unspecified atom stereocenters. The molecule has 33 heteroatoms. The van der Waals surface area contributed by atoms with Gasteiger partial charge in [0.05, 0.1) is 383 Å². The van der Waals surface area contributed by atoms with Crippen molar-refractivity contribution < 1.29 is 157 Å². The molecule has 0 radical (unpaired) electrons. The molecule has 123 heavy (non-hydrogen) atoms. The number of rotatable bonds is 108. The molecule has 0 heterocycles. The number of ether oxygens (including phenoxy) is 32. The summed E-state index contributed by atoms with van der Waals surface area (Å²) < 4.78 is 177. The summed E-state index contributed by atoms with van der Waals surface area (Å²) in [6, 6.07) is 19.3. The minimum atomic E-state index is 0. The van der Waals surface area contributed by atoms with Crippen LogP contribution in [0.1, 0.15) is 104 Å². The highest BCUT2D eigenvalue weighted by Crippen LogP contribution is 2.11. The molecule has 2 aromatic carbocycles. The van der Waals surface area contributed by atoms with Gasteiger partial charge in [0.25, 0.3) is 0 Å². The summed E-state index contributed by atoms with van der Waals surface area (Å²) in [5.41, 5.74) is 0. The Labute approximate surface area is 739 Å². The van der Waals surface area contributed by atoms with Crippen molar-refractivity contribution in [3.05, 3.63) is 60.7 Å². The summed E-state index contributed by atoms with van der Waals surface area (Å²) in [5.74, 6) is 1.68. The van der Waals surface area contributed by atoms with Crippen molar-refractivity contribution in [2.75, 3.05) is 410 Å². The Hall–Kier alpha value is -3.20. The van der Waals surface area contributed by atoms with Crippen LogP contribution in [-0.4, -0.2) is 415 Å². The molecule has 0 spiro atoms. The lowest BCUT2D eigenvalue weighted by atomic mass is 10.1. The average Bonchev–Trinajstić information content (AvgIpc) is 0.973. The smallest absolute Gasteiger partial charge is 0.119 e. The van der Waals surface area contributed by atoms with Gasteiger partial charge in [0.2, 0.25) is 0 Å². The Kier molecular flexibility index (Phi) is 110. The highest BCUT2D eigenvalue weighted by molar-refractivity contribution is 5.21. The Morgan fingerprint density at radius 3 is 0.358 bits per heavy atom. The zero-order chi connectivity index (χ0) is 86.6. The molecule has 0 aromatic heterocycles. The molecule has 0 aliphatic carbocycles. The number of hydrogen-bond donors (Lipinski definition) is 0. The third-order valence-electron chi connectivity index (χ3n) is 16.7. The van der Waals surface area contributed by atoms with Gasteiger partial charge >= 0.3 is 0 Å². The number of benzene rings is 2. The van der Waals surface area contributed by atoms with Gasteiger partial charge in [-0.25, -0.2) is 0 Å². The zero-order valence-corrected chi connectivity index (χ0v) is 76.1. The van der Waals surface area contributed by atoms with Crippen LogP contribution >= 0.6 is 0 Å². The van der Waals surface area contributed by atoms with Gasteiger partial charge in [0, 0.05) is 13.2 Å². The van der Waals surface area contributed by atoms with E-state index in [2.05, 4.69) is 13.8 Å². The van der Waals surface area contributed by atoms with Gasteiger partial charge in [-0.2, -0.15) is 0 Å². The van der Waals surface area contributed by atoms with Crippen LogP contribution in [0.5, 0.6) is 11.5 Å². The molecule has 0 amide bonds. The molecule has 0 aliphatic heterocycles. The van der Waals surface area contributed by atoms with E-state index in [-0.39, 0.29) is 5.48 Å². The standard InChI is InChI=1S/2C45H84O16.H2O/c2*1-2-3-4-5-6-7-11-14-46-15-16-47-17-18-48-19-20-49-21-22-50-23-24-51-25-26-52-27-28-53-29-30-54-31-32-55-33-34-56-35-36-57-37-38-58-39-40-59-41-42-60-43-44-61-45-12-9-8-10-13-45;/h2*8-10,12-13H,2-7,11,14-44H2,1H3;1H2. The first-order chi connectivity index (χ1) is 60.9. The first kappa shape index (κ1) is 120. The van der Waals surface area contributed by atoms with E-state index in [1.54, 1.807) is 0 Å². The van der Waals surface area contributed by atoms with Crippen molar-refractivity contribution in [1.29, 1.82) is 0 Å². The van der Waals surface area contributed by atoms with Crippen molar-refractivity contribution in [1.82, 2.24) is 0 Å². The van der Waals surface area contributed by atoms with Crippen LogP contribution < -0.4 is 9.47 Å². The molecule has 2 aromatic rings. The first-order valence-corrected chi connectivity index (χ1v) is 45.5. The Morgan fingerprint density at radius 1 is 0.122 bits per heavy atom. The minimum Gasteiger partial charge on any atom is -0.491 e. The minimum absolute atomic E-state index is 0. The maximum absolute atomic E-state index is 5.62. The fraction of sp³-hybridized carbons (Fsp3) is 0.867. The molecule has 0 saturated carbocycles. The number of unbranched alkanes of at least 4 members (excludes halogenated alkanes) is 12. The topological polar surface area (TPSA) is 327 Å². The SMILES string of the molecule is CCCCCCCCCOCCOCCOCCOCCOCCOCCOCCOCCOCCOCCOCCOCCOCCOCCOCCOc1ccccc1.CCCCCCCCCOCCOCCOCCOCCOCCOCCOCCOCCOCCOCCOCCOCCOCCOCCOCCOc1ccccc1.O. The third kappa shape index (κ3) is 107. The Balaban J connectivity index is 0.00000240. The fourth-order valence-electron chi connectivity index (χ4n) is 10.2. The van der Waals surface area contributed by atoms with E-state index in [1.165, 1.54) is 77.0 Å². The lowest BCUT2D eigenvalue weighted by Gasteiger charge is -2.09. The summed E-state index contributed by atoms with van der Waals surface area (Å²) in [7, 11) is 0. The van der Waals surface area contributed by atoms with Gasteiger partial charge in [-0.3, -0.25) is 0 Å². The van der Waals surface area contributed by atoms with Crippen molar-refractivity contribution >= 4 is 0 Å². The second-order valence-corrected chi connectivity index (χ2v) is 26.9. The van der Waals surface area contributed by atoms with E-state index in [1.807, 2.05) is 60.7 Å². The number of hydrogen-bond acceptors (Lipinski definition) is 32. The van der Waals surface area contributed by atoms with Gasteiger partial charge in [-0.1, -0.05) is 127 Å². The van der Waals surface area contributed by atoms with Gasteiger partial charge in [0.15, 0.2) is 0 Å². The van der Waals surface area contributed by atoms with Gasteiger partial charge in [-0.15, -0.1) is 0 Å². The van der Waals surface area contributed by atoms with E-state index < -0.39 is 0 Å². The highest BCUT2D eigenvalue weighted by atomic mass is 16.6. The summed E-state index contributed by atoms with van der Waals surface area (Å²) in [5, 5.41) is 0. The average molecular weight is 1780 g/mol. The van der Waals surface area contributed by atoms with E-state index >= 15 is 0 Å². The zero-order valence-electron chi connectivity index (χ0n) is 76.1. The monoisotopic (exact) mass is 1780 g/mol. The summed E-state index contributed by atoms with van der Waals surface area (Å²) >= 11 is 0. The lowest BCUT2D eigenvalue weighted by Crippen LogP contribution is -2.16. The molecule has 0 bridgehead atoms. The molecule has 0 saturated heterocycles. The van der Waals surface area contributed by atoms with Gasteiger partial charge in [0.1, 0.15) is 24.7 Å². The quantitative estimate of drug-likeness (QED) is 0.0556. The molecule has 0 fully saturated rings. The molecule has 33 nitrogen and oxygen atoms in total. The molecule has 0 atom stereocenters. The Morgan fingerprint density at radius 2 is 0.228 bits per heavy atom. The Bertz CT molecular complexity index is 1990. The number of para-hydroxylation sites is 2. The van der Waals surface area contributed by atoms with Crippen LogP contribution in [0.4, 0.5) is 0 Å². The van der Waals surface area contributed by atoms with E-state index in [9.17, 15) is 0 Å². The molecular formula is C90H170O33. The normalized spacial score (nSPS) is 11.5. The second kappa shape index (κ2) is 113. The van der Waals surface area contributed by atoms with Crippen molar-refractivity contribution in [3.63, 3.8) is 0 Å². The van der Waals surface area contributed by atoms with Crippen LogP contribution in [0.15, 0.2) is 60.7 Å². The molecular weight excluding hydrogens is 1610 g/mol. The molecule has 728 valence electrons. The third-order valence-corrected chi connectivity index (χ3v) is 16.7. The van der Waals surface area contributed by atoms with Crippen molar-refractivity contribution in [3.8, 4) is 11.5 Å². The summed E-state index contributed by atoms with van der Waals surface area (Å²) in [4.78, 5) is 0.